The summed E-state index contributed by atoms with van der Waals surface area (Å²) in [5.41, 5.74) is 2.25. The van der Waals surface area contributed by atoms with Crippen LogP contribution in [0.25, 0.3) is 0 Å². The van der Waals surface area contributed by atoms with Crippen molar-refractivity contribution in [1.82, 2.24) is 0 Å². The van der Waals surface area contributed by atoms with Crippen LogP contribution in [-0.4, -0.2) is 40.3 Å². The van der Waals surface area contributed by atoms with Crippen LogP contribution in [-0.2, 0) is 20.5 Å². The summed E-state index contributed by atoms with van der Waals surface area (Å²) < 4.78 is 25.2. The summed E-state index contributed by atoms with van der Waals surface area (Å²) in [4.78, 5) is 0. The number of ether oxygens (including phenoxy) is 3. The summed E-state index contributed by atoms with van der Waals surface area (Å²) in [6.07, 6.45) is 5.50. The summed E-state index contributed by atoms with van der Waals surface area (Å²) in [6, 6.07) is 29.8. The number of allylic oxidation sites excluding steroid dienone is 1. The largest absolute Gasteiger partial charge is 0.497 e. The molecule has 4 rings (SSSR count). The van der Waals surface area contributed by atoms with Crippen molar-refractivity contribution in [2.75, 3.05) is 20.3 Å². The van der Waals surface area contributed by atoms with Gasteiger partial charge in [0, 0.05) is 0 Å². The first-order valence-electron chi connectivity index (χ1n) is 15.4. The number of methoxy groups -OCH3 is 1. The molecular formula is C37H50O4Si. The van der Waals surface area contributed by atoms with Crippen LogP contribution in [0.15, 0.2) is 96.6 Å². The van der Waals surface area contributed by atoms with Gasteiger partial charge in [0.25, 0.3) is 8.32 Å². The average Bonchev–Trinajstić information content (AvgIpc) is 3.34. The van der Waals surface area contributed by atoms with Crippen LogP contribution in [0, 0.1) is 5.92 Å². The van der Waals surface area contributed by atoms with Crippen molar-refractivity contribution < 1.29 is 18.6 Å². The van der Waals surface area contributed by atoms with Crippen molar-refractivity contribution in [3.05, 3.63) is 102 Å². The minimum Gasteiger partial charge on any atom is -0.497 e. The van der Waals surface area contributed by atoms with Gasteiger partial charge in [0.15, 0.2) is 0 Å². The van der Waals surface area contributed by atoms with E-state index in [1.807, 2.05) is 24.3 Å². The third-order valence-corrected chi connectivity index (χ3v) is 13.4. The fourth-order valence-corrected chi connectivity index (χ4v) is 11.2. The van der Waals surface area contributed by atoms with E-state index >= 15 is 0 Å². The molecule has 0 amide bonds. The van der Waals surface area contributed by atoms with E-state index in [-0.39, 0.29) is 16.7 Å². The second-order valence-corrected chi connectivity index (χ2v) is 17.5. The van der Waals surface area contributed by atoms with Crippen LogP contribution >= 0.6 is 0 Å². The second-order valence-electron chi connectivity index (χ2n) is 13.2. The van der Waals surface area contributed by atoms with E-state index in [2.05, 4.69) is 108 Å². The van der Waals surface area contributed by atoms with Gasteiger partial charge in [0.1, 0.15) is 5.75 Å². The van der Waals surface area contributed by atoms with Crippen molar-refractivity contribution in [3.8, 4) is 5.75 Å². The molecule has 0 unspecified atom stereocenters. The minimum atomic E-state index is -2.57. The summed E-state index contributed by atoms with van der Waals surface area (Å²) in [7, 11) is -0.886. The number of rotatable bonds is 13. The lowest BCUT2D eigenvalue weighted by Crippen LogP contribution is -2.67. The molecule has 3 atom stereocenters. The Labute approximate surface area is 255 Å². The Bertz CT molecular complexity index is 1230. The fraction of sp³-hybridized carbons (Fsp3) is 0.459. The highest BCUT2D eigenvalue weighted by molar-refractivity contribution is 6.99. The van der Waals surface area contributed by atoms with E-state index < -0.39 is 8.32 Å². The quantitative estimate of drug-likeness (QED) is 0.152. The Morgan fingerprint density at radius 3 is 2.12 bits per heavy atom. The topological polar surface area (TPSA) is 36.9 Å². The maximum absolute atomic E-state index is 7.19. The van der Waals surface area contributed by atoms with Gasteiger partial charge < -0.3 is 18.6 Å². The van der Waals surface area contributed by atoms with Gasteiger partial charge >= 0.3 is 0 Å². The van der Waals surface area contributed by atoms with Crippen LogP contribution in [0.2, 0.25) is 5.04 Å². The third kappa shape index (κ3) is 8.02. The number of benzene rings is 3. The smallest absolute Gasteiger partial charge is 0.261 e. The highest BCUT2D eigenvalue weighted by atomic mass is 28.4. The summed E-state index contributed by atoms with van der Waals surface area (Å²) in [5, 5.41) is 2.59. The molecule has 0 spiro atoms. The Morgan fingerprint density at radius 1 is 0.976 bits per heavy atom. The molecule has 1 heterocycles. The van der Waals surface area contributed by atoms with Crippen LogP contribution in [0.4, 0.5) is 0 Å². The van der Waals surface area contributed by atoms with Crippen LogP contribution in [0.5, 0.6) is 5.75 Å². The highest BCUT2D eigenvalue weighted by Gasteiger charge is 2.51. The molecule has 3 aromatic carbocycles. The van der Waals surface area contributed by atoms with Crippen LogP contribution in [0.1, 0.15) is 66.4 Å². The molecule has 0 bridgehead atoms. The van der Waals surface area contributed by atoms with E-state index in [9.17, 15) is 0 Å². The van der Waals surface area contributed by atoms with Crippen molar-refractivity contribution in [2.24, 2.45) is 5.92 Å². The first-order chi connectivity index (χ1) is 20.0. The molecule has 0 aromatic heterocycles. The Kier molecular flexibility index (Phi) is 10.9. The maximum atomic E-state index is 7.19. The lowest BCUT2D eigenvalue weighted by molar-refractivity contribution is -0.0543. The van der Waals surface area contributed by atoms with E-state index in [4.69, 9.17) is 18.6 Å². The Balaban J connectivity index is 1.35. The molecule has 0 radical (unpaired) electrons. The van der Waals surface area contributed by atoms with Crippen LogP contribution < -0.4 is 15.1 Å². The minimum absolute atomic E-state index is 0.0378. The SMILES string of the molecule is COc1ccc(COC/C(C)=C/[C@H](C)C[C@@]2(C)CC[C@H](CO[Si](c3ccccc3)(c3ccccc3)C(C)(C)C)O2)cc1. The Hall–Kier alpha value is -2.70. The zero-order valence-corrected chi connectivity index (χ0v) is 27.7. The van der Waals surface area contributed by atoms with Crippen molar-refractivity contribution >= 4 is 18.7 Å². The summed E-state index contributed by atoms with van der Waals surface area (Å²) >= 11 is 0. The van der Waals surface area contributed by atoms with E-state index in [1.54, 1.807) is 7.11 Å². The standard InChI is InChI=1S/C37H50O4Si/c1-29(24-30(2)26-39-27-31-18-20-32(38-7)21-19-31)25-37(6)23-22-33(41-37)28-40-42(36(3,4)5,34-14-10-8-11-15-34)35-16-12-9-13-17-35/h8-21,24,29,33H,22-23,25-28H2,1-7H3/b30-24+/t29-,33+,37+/m0/s1. The third-order valence-electron chi connectivity index (χ3n) is 8.43. The average molecular weight is 587 g/mol. The van der Waals surface area contributed by atoms with Gasteiger partial charge in [0.2, 0.25) is 0 Å². The molecular weight excluding hydrogens is 536 g/mol. The Morgan fingerprint density at radius 2 is 1.57 bits per heavy atom. The second kappa shape index (κ2) is 14.2. The molecule has 1 fully saturated rings. The molecule has 5 heteroatoms. The zero-order chi connectivity index (χ0) is 30.2. The first kappa shape index (κ1) is 32.2. The first-order valence-corrected chi connectivity index (χ1v) is 17.3. The van der Waals surface area contributed by atoms with E-state index in [0.29, 0.717) is 25.7 Å². The highest BCUT2D eigenvalue weighted by Crippen LogP contribution is 2.39. The van der Waals surface area contributed by atoms with Gasteiger partial charge in [-0.1, -0.05) is 112 Å². The normalized spacial score (nSPS) is 20.5. The maximum Gasteiger partial charge on any atom is 0.261 e. The zero-order valence-electron chi connectivity index (χ0n) is 26.7. The predicted molar refractivity (Wildman–Crippen MR) is 176 cm³/mol. The molecule has 4 nitrogen and oxygen atoms in total. The van der Waals surface area contributed by atoms with Gasteiger partial charge in [-0.2, -0.15) is 0 Å². The van der Waals surface area contributed by atoms with Gasteiger partial charge in [0.05, 0.1) is 38.6 Å². The van der Waals surface area contributed by atoms with E-state index in [1.165, 1.54) is 15.9 Å². The van der Waals surface area contributed by atoms with Gasteiger partial charge in [-0.15, -0.1) is 0 Å². The molecule has 0 saturated carbocycles. The lowest BCUT2D eigenvalue weighted by atomic mass is 9.89. The predicted octanol–water partition coefficient (Wildman–Crippen LogP) is 7.70. The summed E-state index contributed by atoms with van der Waals surface area (Å²) in [5.74, 6) is 1.26. The molecule has 226 valence electrons. The molecule has 42 heavy (non-hydrogen) atoms. The molecule has 1 aliphatic rings. The molecule has 3 aromatic rings. The molecule has 1 aliphatic heterocycles. The van der Waals surface area contributed by atoms with Crippen molar-refractivity contribution in [1.29, 1.82) is 0 Å². The summed E-state index contributed by atoms with van der Waals surface area (Å²) in [6.45, 7) is 15.5. The molecule has 0 N–H and O–H groups in total. The number of hydrogen-bond donors (Lipinski definition) is 0. The van der Waals surface area contributed by atoms with Gasteiger partial charge in [-0.3, -0.25) is 0 Å². The lowest BCUT2D eigenvalue weighted by Gasteiger charge is -2.43. The molecule has 0 aliphatic carbocycles. The van der Waals surface area contributed by atoms with E-state index in [0.717, 1.165) is 30.6 Å². The fourth-order valence-electron chi connectivity index (χ4n) is 6.56. The monoisotopic (exact) mass is 586 g/mol. The van der Waals surface area contributed by atoms with Crippen molar-refractivity contribution in [3.63, 3.8) is 0 Å². The molecule has 1 saturated heterocycles. The van der Waals surface area contributed by atoms with Crippen molar-refractivity contribution in [2.45, 2.75) is 84.2 Å². The van der Waals surface area contributed by atoms with Crippen LogP contribution in [0.3, 0.4) is 0 Å². The van der Waals surface area contributed by atoms with Gasteiger partial charge in [-0.05, 0) is 72.1 Å². The van der Waals surface area contributed by atoms with Gasteiger partial charge in [-0.25, -0.2) is 0 Å². The number of hydrogen-bond acceptors (Lipinski definition) is 4.